The average molecular weight is 606 g/mol. The Kier molecular flexibility index (Phi) is 10.1. The highest BCUT2D eigenvalue weighted by atomic mass is 35.5. The number of benzene rings is 1. The van der Waals surface area contributed by atoms with Crippen LogP contribution in [0.5, 0.6) is 11.6 Å². The van der Waals surface area contributed by atoms with Crippen LogP contribution < -0.4 is 15.0 Å². The van der Waals surface area contributed by atoms with Crippen LogP contribution in [0.2, 0.25) is 5.28 Å². The van der Waals surface area contributed by atoms with Gasteiger partial charge in [0.1, 0.15) is 11.6 Å². The molecule has 2 saturated heterocycles. The van der Waals surface area contributed by atoms with Crippen molar-refractivity contribution >= 4 is 29.4 Å². The summed E-state index contributed by atoms with van der Waals surface area (Å²) in [5.41, 5.74) is 0.177. The summed E-state index contributed by atoms with van der Waals surface area (Å²) in [7, 11) is 0. The highest BCUT2D eigenvalue weighted by molar-refractivity contribution is 6.28. The first-order chi connectivity index (χ1) is 19.9. The number of carbonyl (C=O) groups excluding carboxylic acids is 1. The van der Waals surface area contributed by atoms with Crippen molar-refractivity contribution in [1.29, 1.82) is 0 Å². The zero-order valence-electron chi connectivity index (χ0n) is 24.9. The van der Waals surface area contributed by atoms with Crippen molar-refractivity contribution in [3.8, 4) is 11.6 Å². The van der Waals surface area contributed by atoms with Crippen LogP contribution in [0.25, 0.3) is 0 Å². The van der Waals surface area contributed by atoms with Crippen molar-refractivity contribution in [2.75, 3.05) is 44.2 Å². The van der Waals surface area contributed by atoms with Crippen molar-refractivity contribution in [3.05, 3.63) is 34.9 Å². The molecule has 0 aliphatic carbocycles. The summed E-state index contributed by atoms with van der Waals surface area (Å²) in [6.45, 7) is 14.3. The number of likely N-dealkylation sites (tertiary alicyclic amines) is 1. The molecule has 2 aliphatic heterocycles. The number of nitrogens with zero attached hydrogens (tertiary/aromatic N) is 6. The van der Waals surface area contributed by atoms with E-state index in [4.69, 9.17) is 21.4 Å². The maximum absolute atomic E-state index is 14.3. The number of ether oxygens (including phenoxy) is 1. The zero-order valence-corrected chi connectivity index (χ0v) is 25.7. The Bertz CT molecular complexity index is 1270. The van der Waals surface area contributed by atoms with Gasteiger partial charge in [0, 0.05) is 56.8 Å². The van der Waals surface area contributed by atoms with Crippen molar-refractivity contribution < 1.29 is 23.8 Å². The lowest BCUT2D eigenvalue weighted by molar-refractivity contribution is -0.0338. The molecule has 1 aromatic heterocycles. The molecule has 2 aromatic rings. The van der Waals surface area contributed by atoms with Gasteiger partial charge in [-0.2, -0.15) is 4.98 Å². The Labute approximate surface area is 251 Å². The first-order valence-electron chi connectivity index (χ1n) is 14.6. The third-order valence-electron chi connectivity index (χ3n) is 8.22. The standard InChI is InChI=1S/C29H41ClFN7O4/c1-6-38(19(4)5)26(39)21-14-20(31)9-10-23(21)42-25-24(33-27(30)35-34-25)36-13-11-29(15-36)16-37(17-29)22(18(2)3)8-7-12-32-28(40)41/h9-10,14,18-19,22,32H,6-8,11-13,15-17H2,1-5H3,(H,40,41). The lowest BCUT2D eigenvalue weighted by Gasteiger charge is -2.53. The molecule has 1 aromatic carbocycles. The molecule has 1 atom stereocenters. The van der Waals surface area contributed by atoms with Crippen LogP contribution in [0.15, 0.2) is 18.2 Å². The normalized spacial score (nSPS) is 17.0. The number of amides is 2. The highest BCUT2D eigenvalue weighted by Gasteiger charge is 2.50. The molecule has 3 heterocycles. The Morgan fingerprint density at radius 3 is 2.60 bits per heavy atom. The molecule has 1 spiro atoms. The molecule has 2 aliphatic rings. The van der Waals surface area contributed by atoms with Crippen molar-refractivity contribution in [2.24, 2.45) is 11.3 Å². The van der Waals surface area contributed by atoms with E-state index in [0.29, 0.717) is 30.9 Å². The van der Waals surface area contributed by atoms with Gasteiger partial charge in [-0.05, 0) is 75.8 Å². The fourth-order valence-corrected chi connectivity index (χ4v) is 6.31. The Balaban J connectivity index is 1.48. The van der Waals surface area contributed by atoms with Gasteiger partial charge in [-0.15, -0.1) is 10.2 Å². The molecule has 4 rings (SSSR count). The lowest BCUT2D eigenvalue weighted by atomic mass is 9.76. The minimum absolute atomic E-state index is 0.0178. The van der Waals surface area contributed by atoms with Crippen LogP contribution >= 0.6 is 11.6 Å². The third-order valence-corrected chi connectivity index (χ3v) is 8.38. The average Bonchev–Trinajstić information content (AvgIpc) is 3.35. The molecular formula is C29H41ClFN7O4. The predicted octanol–water partition coefficient (Wildman–Crippen LogP) is 4.91. The van der Waals surface area contributed by atoms with Crippen molar-refractivity contribution in [3.63, 3.8) is 0 Å². The van der Waals surface area contributed by atoms with Crippen LogP contribution in [0.1, 0.15) is 64.2 Å². The van der Waals surface area contributed by atoms with Crippen LogP contribution in [0.4, 0.5) is 15.0 Å². The molecule has 0 saturated carbocycles. The molecule has 1 unspecified atom stereocenters. The summed E-state index contributed by atoms with van der Waals surface area (Å²) < 4.78 is 20.4. The first-order valence-corrected chi connectivity index (χ1v) is 14.9. The van der Waals surface area contributed by atoms with Gasteiger partial charge in [0.15, 0.2) is 5.82 Å². The van der Waals surface area contributed by atoms with Crippen molar-refractivity contribution in [1.82, 2.24) is 30.3 Å². The monoisotopic (exact) mass is 605 g/mol. The third kappa shape index (κ3) is 7.20. The van der Waals surface area contributed by atoms with Gasteiger partial charge in [0.05, 0.1) is 5.56 Å². The van der Waals surface area contributed by atoms with Gasteiger partial charge in [0.2, 0.25) is 5.28 Å². The molecule has 2 fully saturated rings. The Morgan fingerprint density at radius 1 is 1.21 bits per heavy atom. The van der Waals surface area contributed by atoms with E-state index in [-0.39, 0.29) is 39.8 Å². The number of nitrogens with one attached hydrogen (secondary N) is 1. The summed E-state index contributed by atoms with van der Waals surface area (Å²) in [5.74, 6) is 0.269. The lowest BCUT2D eigenvalue weighted by Crippen LogP contribution is -2.62. The smallest absolute Gasteiger partial charge is 0.404 e. The fraction of sp³-hybridized carbons (Fsp3) is 0.621. The van der Waals surface area contributed by atoms with Gasteiger partial charge >= 0.3 is 6.09 Å². The molecule has 13 heteroatoms. The summed E-state index contributed by atoms with van der Waals surface area (Å²) in [6, 6.07) is 4.13. The second-order valence-electron chi connectivity index (χ2n) is 11.9. The number of hydrogen-bond donors (Lipinski definition) is 2. The van der Waals surface area contributed by atoms with Crippen molar-refractivity contribution in [2.45, 2.75) is 66.0 Å². The van der Waals surface area contributed by atoms with Gasteiger partial charge in [-0.1, -0.05) is 13.8 Å². The highest BCUT2D eigenvalue weighted by Crippen LogP contribution is 2.45. The van der Waals surface area contributed by atoms with E-state index in [9.17, 15) is 14.0 Å². The molecule has 11 nitrogen and oxygen atoms in total. The predicted molar refractivity (Wildman–Crippen MR) is 158 cm³/mol. The van der Waals surface area contributed by atoms with Crippen LogP contribution in [0, 0.1) is 17.2 Å². The van der Waals surface area contributed by atoms with Crippen LogP contribution in [-0.4, -0.2) is 93.4 Å². The van der Waals surface area contributed by atoms with Gasteiger partial charge in [0.25, 0.3) is 11.8 Å². The van der Waals surface area contributed by atoms with Gasteiger partial charge < -0.3 is 25.0 Å². The number of hydrogen-bond acceptors (Lipinski definition) is 8. The maximum Gasteiger partial charge on any atom is 0.404 e. The topological polar surface area (TPSA) is 124 Å². The number of rotatable bonds is 12. The molecule has 2 N–H and O–H groups in total. The summed E-state index contributed by atoms with van der Waals surface area (Å²) in [5, 5.41) is 19.3. The van der Waals surface area contributed by atoms with E-state index in [2.05, 4.69) is 44.1 Å². The molecular weight excluding hydrogens is 565 g/mol. The first kappa shape index (κ1) is 31.7. The molecule has 2 amide bonds. The number of carboxylic acid groups (broad SMARTS) is 1. The zero-order chi connectivity index (χ0) is 30.6. The van der Waals surface area contributed by atoms with E-state index < -0.39 is 11.9 Å². The van der Waals surface area contributed by atoms with Crippen LogP contribution in [0.3, 0.4) is 0 Å². The molecule has 0 bridgehead atoms. The van der Waals surface area contributed by atoms with E-state index >= 15 is 0 Å². The van der Waals surface area contributed by atoms with E-state index in [1.807, 2.05) is 20.8 Å². The summed E-state index contributed by atoms with van der Waals surface area (Å²) in [4.78, 5) is 34.8. The number of halogens is 2. The Morgan fingerprint density at radius 2 is 1.95 bits per heavy atom. The minimum atomic E-state index is -0.992. The number of aromatic nitrogens is 3. The van der Waals surface area contributed by atoms with E-state index in [1.54, 1.807) is 4.90 Å². The fourth-order valence-electron chi connectivity index (χ4n) is 6.19. The minimum Gasteiger partial charge on any atom is -0.465 e. The van der Waals surface area contributed by atoms with E-state index in [1.165, 1.54) is 18.2 Å². The Hall–Kier alpha value is -3.25. The summed E-state index contributed by atoms with van der Waals surface area (Å²) in [6.07, 6.45) is 1.67. The second-order valence-corrected chi connectivity index (χ2v) is 12.2. The molecule has 230 valence electrons. The summed E-state index contributed by atoms with van der Waals surface area (Å²) >= 11 is 6.17. The van der Waals surface area contributed by atoms with Crippen LogP contribution in [-0.2, 0) is 0 Å². The molecule has 42 heavy (non-hydrogen) atoms. The van der Waals surface area contributed by atoms with Gasteiger partial charge in [-0.25, -0.2) is 9.18 Å². The van der Waals surface area contributed by atoms with Gasteiger partial charge in [-0.3, -0.25) is 9.69 Å². The second kappa shape index (κ2) is 13.4. The SMILES string of the molecule is CCN(C(=O)c1cc(F)ccc1Oc1nnc(Cl)nc1N1CCC2(C1)CN(C(CCCNC(=O)O)C(C)C)C2)C(C)C. The maximum atomic E-state index is 14.3. The largest absolute Gasteiger partial charge is 0.465 e. The quantitative estimate of drug-likeness (QED) is 0.325. The molecule has 0 radical (unpaired) electrons. The number of anilines is 1. The number of carbonyl (C=O) groups is 2. The van der Waals surface area contributed by atoms with E-state index in [0.717, 1.165) is 45.4 Å².